The SMILES string of the molecule is Nc1cc(Cl)cc(C(=O)OCc2ccc(CO)cc2)c1. The predicted molar refractivity (Wildman–Crippen MR) is 77.3 cm³/mol. The van der Waals surface area contributed by atoms with Gasteiger partial charge < -0.3 is 15.6 Å². The monoisotopic (exact) mass is 291 g/mol. The number of hydrogen-bond acceptors (Lipinski definition) is 4. The van der Waals surface area contributed by atoms with Crippen LogP contribution in [0.25, 0.3) is 0 Å². The van der Waals surface area contributed by atoms with Gasteiger partial charge in [-0.25, -0.2) is 4.79 Å². The number of esters is 1. The normalized spacial score (nSPS) is 10.3. The van der Waals surface area contributed by atoms with Gasteiger partial charge in [0, 0.05) is 10.7 Å². The number of hydrogen-bond donors (Lipinski definition) is 2. The second-order valence-electron chi connectivity index (χ2n) is 4.32. The number of halogens is 1. The van der Waals surface area contributed by atoms with Gasteiger partial charge in [0.15, 0.2) is 0 Å². The van der Waals surface area contributed by atoms with E-state index >= 15 is 0 Å². The van der Waals surface area contributed by atoms with Gasteiger partial charge in [0.25, 0.3) is 0 Å². The van der Waals surface area contributed by atoms with Crippen LogP contribution in [0, 0.1) is 0 Å². The summed E-state index contributed by atoms with van der Waals surface area (Å²) in [7, 11) is 0. The van der Waals surface area contributed by atoms with Crippen molar-refractivity contribution in [3.63, 3.8) is 0 Å². The minimum Gasteiger partial charge on any atom is -0.457 e. The number of carbonyl (C=O) groups excluding carboxylic acids is 1. The third-order valence-electron chi connectivity index (χ3n) is 2.73. The van der Waals surface area contributed by atoms with E-state index in [0.717, 1.165) is 11.1 Å². The van der Waals surface area contributed by atoms with Crippen molar-refractivity contribution in [2.75, 3.05) is 5.73 Å². The third kappa shape index (κ3) is 3.73. The first-order valence-electron chi connectivity index (χ1n) is 6.00. The summed E-state index contributed by atoms with van der Waals surface area (Å²) >= 11 is 5.83. The first-order chi connectivity index (χ1) is 9.58. The zero-order valence-corrected chi connectivity index (χ0v) is 11.4. The van der Waals surface area contributed by atoms with Crippen LogP contribution >= 0.6 is 11.6 Å². The second kappa shape index (κ2) is 6.41. The van der Waals surface area contributed by atoms with Crippen molar-refractivity contribution < 1.29 is 14.6 Å². The van der Waals surface area contributed by atoms with E-state index in [2.05, 4.69) is 0 Å². The quantitative estimate of drug-likeness (QED) is 0.671. The Morgan fingerprint density at radius 2 is 1.80 bits per heavy atom. The highest BCUT2D eigenvalue weighted by atomic mass is 35.5. The zero-order chi connectivity index (χ0) is 14.5. The Morgan fingerprint density at radius 1 is 1.15 bits per heavy atom. The van der Waals surface area contributed by atoms with Crippen LogP contribution in [0.5, 0.6) is 0 Å². The molecule has 0 unspecified atom stereocenters. The lowest BCUT2D eigenvalue weighted by Gasteiger charge is -2.07. The number of carbonyl (C=O) groups is 1. The molecule has 0 amide bonds. The van der Waals surface area contributed by atoms with E-state index < -0.39 is 5.97 Å². The standard InChI is InChI=1S/C15H14ClNO3/c16-13-5-12(6-14(17)7-13)15(19)20-9-11-3-1-10(8-18)2-4-11/h1-7,18H,8-9,17H2. The molecule has 0 spiro atoms. The van der Waals surface area contributed by atoms with Gasteiger partial charge in [0.1, 0.15) is 6.61 Å². The number of aliphatic hydroxyl groups is 1. The highest BCUT2D eigenvalue weighted by molar-refractivity contribution is 6.31. The molecule has 0 aliphatic carbocycles. The number of nitrogens with two attached hydrogens (primary N) is 1. The highest BCUT2D eigenvalue weighted by Gasteiger charge is 2.09. The van der Waals surface area contributed by atoms with Gasteiger partial charge >= 0.3 is 5.97 Å². The summed E-state index contributed by atoms with van der Waals surface area (Å²) < 4.78 is 5.18. The van der Waals surface area contributed by atoms with E-state index in [9.17, 15) is 4.79 Å². The Bertz CT molecular complexity index is 591. The molecule has 0 aromatic heterocycles. The van der Waals surface area contributed by atoms with Crippen molar-refractivity contribution in [3.8, 4) is 0 Å². The Kier molecular flexibility index (Phi) is 4.61. The van der Waals surface area contributed by atoms with Crippen LogP contribution in [0.4, 0.5) is 5.69 Å². The molecule has 0 saturated heterocycles. The molecule has 2 aromatic carbocycles. The van der Waals surface area contributed by atoms with E-state index in [-0.39, 0.29) is 13.2 Å². The summed E-state index contributed by atoms with van der Waals surface area (Å²) in [4.78, 5) is 11.9. The van der Waals surface area contributed by atoms with Crippen molar-refractivity contribution in [1.29, 1.82) is 0 Å². The lowest BCUT2D eigenvalue weighted by Crippen LogP contribution is -2.06. The number of aliphatic hydroxyl groups excluding tert-OH is 1. The van der Waals surface area contributed by atoms with Crippen molar-refractivity contribution in [2.45, 2.75) is 13.2 Å². The molecule has 5 heteroatoms. The molecular weight excluding hydrogens is 278 g/mol. The van der Waals surface area contributed by atoms with Crippen LogP contribution in [-0.2, 0) is 18.0 Å². The maximum absolute atomic E-state index is 11.9. The summed E-state index contributed by atoms with van der Waals surface area (Å²) in [5.41, 5.74) is 8.00. The van der Waals surface area contributed by atoms with E-state index in [4.69, 9.17) is 27.2 Å². The third-order valence-corrected chi connectivity index (χ3v) is 2.95. The molecule has 104 valence electrons. The van der Waals surface area contributed by atoms with E-state index in [1.165, 1.54) is 12.1 Å². The maximum atomic E-state index is 11.9. The van der Waals surface area contributed by atoms with Crippen molar-refractivity contribution in [3.05, 3.63) is 64.2 Å². The van der Waals surface area contributed by atoms with Gasteiger partial charge in [-0.2, -0.15) is 0 Å². The van der Waals surface area contributed by atoms with E-state index in [1.807, 2.05) is 0 Å². The molecule has 0 aliphatic rings. The molecule has 2 rings (SSSR count). The number of anilines is 1. The molecule has 0 aliphatic heterocycles. The van der Waals surface area contributed by atoms with Crippen molar-refractivity contribution in [2.24, 2.45) is 0 Å². The van der Waals surface area contributed by atoms with Gasteiger partial charge in [0.05, 0.1) is 12.2 Å². The first kappa shape index (κ1) is 14.4. The van der Waals surface area contributed by atoms with Gasteiger partial charge in [-0.3, -0.25) is 0 Å². The summed E-state index contributed by atoms with van der Waals surface area (Å²) in [6.07, 6.45) is 0. The zero-order valence-electron chi connectivity index (χ0n) is 10.7. The fourth-order valence-electron chi connectivity index (χ4n) is 1.70. The summed E-state index contributed by atoms with van der Waals surface area (Å²) in [5.74, 6) is -0.481. The highest BCUT2D eigenvalue weighted by Crippen LogP contribution is 2.18. The minimum atomic E-state index is -0.481. The van der Waals surface area contributed by atoms with Crippen molar-refractivity contribution >= 4 is 23.3 Å². The van der Waals surface area contributed by atoms with Crippen LogP contribution in [0.3, 0.4) is 0 Å². The van der Waals surface area contributed by atoms with E-state index in [1.54, 1.807) is 30.3 Å². The Labute approximate surface area is 121 Å². The Morgan fingerprint density at radius 3 is 2.40 bits per heavy atom. The van der Waals surface area contributed by atoms with Crippen LogP contribution < -0.4 is 5.73 Å². The number of nitrogen functional groups attached to an aromatic ring is 1. The molecule has 4 nitrogen and oxygen atoms in total. The average molecular weight is 292 g/mol. The fraction of sp³-hybridized carbons (Fsp3) is 0.133. The summed E-state index contributed by atoms with van der Waals surface area (Å²) in [5, 5.41) is 9.33. The maximum Gasteiger partial charge on any atom is 0.338 e. The van der Waals surface area contributed by atoms with Gasteiger partial charge in [-0.1, -0.05) is 35.9 Å². The fourth-order valence-corrected chi connectivity index (χ4v) is 1.95. The molecule has 0 bridgehead atoms. The van der Waals surface area contributed by atoms with Crippen LogP contribution in [0.15, 0.2) is 42.5 Å². The van der Waals surface area contributed by atoms with Crippen LogP contribution in [0.1, 0.15) is 21.5 Å². The first-order valence-corrected chi connectivity index (χ1v) is 6.38. The van der Waals surface area contributed by atoms with Gasteiger partial charge in [-0.15, -0.1) is 0 Å². The predicted octanol–water partition coefficient (Wildman–Crippen LogP) is 2.77. The molecule has 3 N–H and O–H groups in total. The molecule has 0 fully saturated rings. The van der Waals surface area contributed by atoms with Gasteiger partial charge in [0.2, 0.25) is 0 Å². The average Bonchev–Trinajstić information content (AvgIpc) is 2.44. The second-order valence-corrected chi connectivity index (χ2v) is 4.76. The van der Waals surface area contributed by atoms with Crippen molar-refractivity contribution in [1.82, 2.24) is 0 Å². The number of rotatable bonds is 4. The Balaban J connectivity index is 2.00. The van der Waals surface area contributed by atoms with Gasteiger partial charge in [-0.05, 0) is 29.3 Å². The Hall–Kier alpha value is -2.04. The number of benzene rings is 2. The van der Waals surface area contributed by atoms with Crippen LogP contribution in [-0.4, -0.2) is 11.1 Å². The largest absolute Gasteiger partial charge is 0.457 e. The molecular formula is C15H14ClNO3. The molecule has 0 radical (unpaired) electrons. The molecule has 0 saturated carbocycles. The lowest BCUT2D eigenvalue weighted by atomic mass is 10.1. The smallest absolute Gasteiger partial charge is 0.338 e. The lowest BCUT2D eigenvalue weighted by molar-refractivity contribution is 0.0472. The molecule has 2 aromatic rings. The number of ether oxygens (including phenoxy) is 1. The van der Waals surface area contributed by atoms with Crippen LogP contribution in [0.2, 0.25) is 5.02 Å². The summed E-state index contributed by atoms with van der Waals surface area (Å²) in [6.45, 7) is 0.138. The molecule has 0 heterocycles. The minimum absolute atomic E-state index is 0.0120. The molecule has 20 heavy (non-hydrogen) atoms. The topological polar surface area (TPSA) is 72.6 Å². The van der Waals surface area contributed by atoms with E-state index in [0.29, 0.717) is 16.3 Å². The summed E-state index contributed by atoms with van der Waals surface area (Å²) in [6, 6.07) is 11.7. The molecule has 0 atom stereocenters.